The second-order valence-electron chi connectivity index (χ2n) is 9.03. The van der Waals surface area contributed by atoms with Gasteiger partial charge in [0.2, 0.25) is 16.4 Å². The minimum absolute atomic E-state index is 0.0205. The van der Waals surface area contributed by atoms with Gasteiger partial charge in [0.15, 0.2) is 17.3 Å². The zero-order valence-electron chi connectivity index (χ0n) is 20.8. The van der Waals surface area contributed by atoms with Gasteiger partial charge in [0.1, 0.15) is 17.7 Å². The van der Waals surface area contributed by atoms with Gasteiger partial charge < -0.3 is 14.7 Å². The Morgan fingerprint density at radius 3 is 2.74 bits per heavy atom. The number of ether oxygens (including phenoxy) is 1. The molecule has 1 aliphatic heterocycles. The monoisotopic (exact) mass is 541 g/mol. The van der Waals surface area contributed by atoms with Crippen LogP contribution in [0, 0.1) is 18.7 Å². The highest BCUT2D eigenvalue weighted by Gasteiger charge is 2.36. The highest BCUT2D eigenvalue weighted by Crippen LogP contribution is 2.32. The summed E-state index contributed by atoms with van der Waals surface area (Å²) in [6.07, 6.45) is 3.39. The van der Waals surface area contributed by atoms with E-state index in [2.05, 4.69) is 19.4 Å². The van der Waals surface area contributed by atoms with Gasteiger partial charge >= 0.3 is 5.97 Å². The van der Waals surface area contributed by atoms with E-state index in [1.165, 1.54) is 17.8 Å². The molecule has 1 saturated heterocycles. The average molecular weight is 542 g/mol. The van der Waals surface area contributed by atoms with Crippen molar-refractivity contribution in [3.8, 4) is 11.0 Å². The minimum atomic E-state index is -1.44. The van der Waals surface area contributed by atoms with E-state index in [4.69, 9.17) is 4.74 Å². The average Bonchev–Trinajstić information content (AvgIpc) is 3.49. The number of hydrogen-bond acceptors (Lipinski definition) is 10. The molecule has 0 aromatic carbocycles. The summed E-state index contributed by atoms with van der Waals surface area (Å²) in [7, 11) is 1.75. The van der Waals surface area contributed by atoms with E-state index >= 15 is 4.39 Å². The maximum atomic E-state index is 15.5. The second-order valence-corrected chi connectivity index (χ2v) is 9.79. The fourth-order valence-corrected chi connectivity index (χ4v) is 4.88. The number of ketones is 1. The molecule has 0 aliphatic carbocycles. The molecule has 4 aromatic heterocycles. The van der Waals surface area contributed by atoms with Crippen molar-refractivity contribution < 1.29 is 23.8 Å². The van der Waals surface area contributed by atoms with E-state index in [0.29, 0.717) is 18.2 Å². The number of aryl methyl sites for hydroxylation is 2. The van der Waals surface area contributed by atoms with Crippen LogP contribution in [0.2, 0.25) is 0 Å². The van der Waals surface area contributed by atoms with Crippen molar-refractivity contribution in [2.75, 3.05) is 24.6 Å². The standard InChI is InChI=1S/C24H24FN7O5S/c1-4-5-37-17-7-14(29-30(17)3)6-16(33)13-8-31(9-13)22-19(25)12(2)18-20(34)15(23(35)36)10-32(21(18)28-22)24-26-11-27-38-24/h7,10-11,13H,4-6,8-9H2,1-3H3,(H,35,36). The first-order valence-electron chi connectivity index (χ1n) is 11.9. The van der Waals surface area contributed by atoms with E-state index in [0.717, 1.165) is 24.2 Å². The van der Waals surface area contributed by atoms with Gasteiger partial charge in [0, 0.05) is 49.5 Å². The van der Waals surface area contributed by atoms with Gasteiger partial charge in [0.05, 0.1) is 30.0 Å². The molecule has 0 atom stereocenters. The number of pyridine rings is 2. The fourth-order valence-electron chi connectivity index (χ4n) is 4.37. The topological polar surface area (TPSA) is 145 Å². The lowest BCUT2D eigenvalue weighted by molar-refractivity contribution is -0.123. The third-order valence-corrected chi connectivity index (χ3v) is 7.08. The number of anilines is 1. The lowest BCUT2D eigenvalue weighted by Gasteiger charge is -2.39. The van der Waals surface area contributed by atoms with Gasteiger partial charge in [-0.25, -0.2) is 23.8 Å². The summed E-state index contributed by atoms with van der Waals surface area (Å²) < 4.78 is 27.9. The molecule has 14 heteroatoms. The molecule has 12 nitrogen and oxygen atoms in total. The maximum absolute atomic E-state index is 15.5. The van der Waals surface area contributed by atoms with E-state index in [9.17, 15) is 19.5 Å². The molecule has 1 fully saturated rings. The summed E-state index contributed by atoms with van der Waals surface area (Å²) in [4.78, 5) is 47.6. The third kappa shape index (κ3) is 4.40. The molecule has 5 heterocycles. The van der Waals surface area contributed by atoms with Crippen LogP contribution >= 0.6 is 11.5 Å². The van der Waals surface area contributed by atoms with Crippen LogP contribution in [0.4, 0.5) is 10.2 Å². The molecule has 4 aromatic rings. The normalized spacial score (nSPS) is 13.6. The number of hydrogen-bond donors (Lipinski definition) is 1. The Kier molecular flexibility index (Phi) is 6.65. The molecule has 1 N–H and O–H groups in total. The number of nitrogens with zero attached hydrogens (tertiary/aromatic N) is 7. The van der Waals surface area contributed by atoms with E-state index < -0.39 is 22.8 Å². The Labute approximate surface area is 219 Å². The van der Waals surface area contributed by atoms with Crippen LogP contribution in [0.3, 0.4) is 0 Å². The van der Waals surface area contributed by atoms with Crippen molar-refractivity contribution in [1.82, 2.24) is 28.7 Å². The summed E-state index contributed by atoms with van der Waals surface area (Å²) in [6.45, 7) is 4.45. The molecule has 0 unspecified atom stereocenters. The molecule has 0 saturated carbocycles. The van der Waals surface area contributed by atoms with Crippen LogP contribution in [0.15, 0.2) is 23.4 Å². The number of carbonyl (C=O) groups excluding carboxylic acids is 1. The maximum Gasteiger partial charge on any atom is 0.341 e. The smallest absolute Gasteiger partial charge is 0.341 e. The van der Waals surface area contributed by atoms with Gasteiger partial charge in [0.25, 0.3) is 0 Å². The third-order valence-electron chi connectivity index (χ3n) is 6.41. The van der Waals surface area contributed by atoms with Crippen molar-refractivity contribution in [3.05, 3.63) is 51.5 Å². The van der Waals surface area contributed by atoms with Gasteiger partial charge in [-0.05, 0) is 13.3 Å². The van der Waals surface area contributed by atoms with Crippen LogP contribution in [0.25, 0.3) is 16.2 Å². The van der Waals surface area contributed by atoms with Crippen LogP contribution in [0.5, 0.6) is 5.88 Å². The number of carboxylic acid groups (broad SMARTS) is 1. The lowest BCUT2D eigenvalue weighted by Crippen LogP contribution is -2.51. The molecule has 0 spiro atoms. The molecular weight excluding hydrogens is 517 g/mol. The number of carboxylic acids is 1. The van der Waals surface area contributed by atoms with Gasteiger partial charge in [-0.3, -0.25) is 14.2 Å². The minimum Gasteiger partial charge on any atom is -0.478 e. The Morgan fingerprint density at radius 2 is 2.08 bits per heavy atom. The first kappa shape index (κ1) is 25.4. The van der Waals surface area contributed by atoms with Gasteiger partial charge in [-0.15, -0.1) is 0 Å². The Hall–Kier alpha value is -4.20. The van der Waals surface area contributed by atoms with Crippen LogP contribution < -0.4 is 15.1 Å². The Morgan fingerprint density at radius 1 is 1.32 bits per heavy atom. The predicted molar refractivity (Wildman–Crippen MR) is 136 cm³/mol. The highest BCUT2D eigenvalue weighted by atomic mass is 32.1. The van der Waals surface area contributed by atoms with E-state index in [1.807, 2.05) is 6.92 Å². The Bertz CT molecular complexity index is 1610. The number of aromatic carboxylic acids is 1. The molecule has 198 valence electrons. The molecule has 38 heavy (non-hydrogen) atoms. The number of fused-ring (bicyclic) bond motifs is 1. The lowest BCUT2D eigenvalue weighted by atomic mass is 9.92. The SMILES string of the molecule is CCCOc1cc(CC(=O)C2CN(c3nc4c(c(C)c3F)c(=O)c(C(=O)O)cn4-c3ncns3)C2)nn1C. The number of Topliss-reactive ketones (excluding diaryl/α,β-unsaturated/α-hetero) is 1. The molecule has 0 bridgehead atoms. The van der Waals surface area contributed by atoms with Crippen LogP contribution in [0.1, 0.15) is 35.0 Å². The predicted octanol–water partition coefficient (Wildman–Crippen LogP) is 2.15. The summed E-state index contributed by atoms with van der Waals surface area (Å²) in [5, 5.41) is 14.0. The zero-order valence-corrected chi connectivity index (χ0v) is 21.7. The van der Waals surface area contributed by atoms with Crippen molar-refractivity contribution >= 4 is 40.1 Å². The Balaban J connectivity index is 1.42. The molecule has 0 amide bonds. The quantitative estimate of drug-likeness (QED) is 0.334. The van der Waals surface area contributed by atoms with E-state index in [-0.39, 0.29) is 58.8 Å². The van der Waals surface area contributed by atoms with Crippen LogP contribution in [-0.4, -0.2) is 65.2 Å². The fraction of sp³-hybridized carbons (Fsp3) is 0.375. The summed E-state index contributed by atoms with van der Waals surface area (Å²) in [5.41, 5.74) is -0.730. The molecule has 5 rings (SSSR count). The van der Waals surface area contributed by atoms with Gasteiger partial charge in [-0.1, -0.05) is 6.92 Å². The van der Waals surface area contributed by atoms with Crippen molar-refractivity contribution in [2.24, 2.45) is 13.0 Å². The van der Waals surface area contributed by atoms with Gasteiger partial charge in [-0.2, -0.15) is 9.47 Å². The number of aromatic nitrogens is 6. The summed E-state index contributed by atoms with van der Waals surface area (Å²) >= 11 is 0.972. The zero-order chi connectivity index (χ0) is 27.1. The van der Waals surface area contributed by atoms with Crippen molar-refractivity contribution in [3.63, 3.8) is 0 Å². The summed E-state index contributed by atoms with van der Waals surface area (Å²) in [5.74, 6) is -1.98. The largest absolute Gasteiger partial charge is 0.478 e. The summed E-state index contributed by atoms with van der Waals surface area (Å²) in [6, 6.07) is 1.75. The number of carbonyl (C=O) groups is 2. The first-order chi connectivity index (χ1) is 18.2. The first-order valence-corrected chi connectivity index (χ1v) is 12.7. The number of halogens is 1. The molecule has 1 aliphatic rings. The molecule has 0 radical (unpaired) electrons. The molecular formula is C24H24FN7O5S. The second kappa shape index (κ2) is 9.93. The van der Waals surface area contributed by atoms with Crippen LogP contribution in [-0.2, 0) is 18.3 Å². The highest BCUT2D eigenvalue weighted by molar-refractivity contribution is 7.08. The van der Waals surface area contributed by atoms with Crippen molar-refractivity contribution in [1.29, 1.82) is 0 Å². The van der Waals surface area contributed by atoms with E-state index in [1.54, 1.807) is 22.7 Å². The van der Waals surface area contributed by atoms with Crippen molar-refractivity contribution in [2.45, 2.75) is 26.7 Å². The number of rotatable bonds is 9.